The van der Waals surface area contributed by atoms with Crippen LogP contribution in [0.5, 0.6) is 0 Å². The summed E-state index contributed by atoms with van der Waals surface area (Å²) in [6.07, 6.45) is -2.04. The fourth-order valence-corrected chi connectivity index (χ4v) is 3.77. The molecule has 1 aromatic heterocycles. The van der Waals surface area contributed by atoms with Gasteiger partial charge in [-0.05, 0) is 55.5 Å². The van der Waals surface area contributed by atoms with Crippen LogP contribution in [-0.4, -0.2) is 15.7 Å². The highest BCUT2D eigenvalue weighted by atomic mass is 19.4. The van der Waals surface area contributed by atoms with E-state index in [-0.39, 0.29) is 23.4 Å². The molecule has 3 aromatic rings. The molecular formula is C22H19F4N3O. The minimum Gasteiger partial charge on any atom is -0.319 e. The average molecular weight is 417 g/mol. The first-order valence-corrected chi connectivity index (χ1v) is 9.63. The summed E-state index contributed by atoms with van der Waals surface area (Å²) in [6, 6.07) is 12.3. The molecule has 0 saturated carbocycles. The summed E-state index contributed by atoms with van der Waals surface area (Å²) in [5.74, 6) is -1.05. The van der Waals surface area contributed by atoms with E-state index in [9.17, 15) is 22.4 Å². The van der Waals surface area contributed by atoms with Crippen molar-refractivity contribution in [3.63, 3.8) is 0 Å². The second-order valence-electron chi connectivity index (χ2n) is 7.27. The molecule has 1 aliphatic carbocycles. The van der Waals surface area contributed by atoms with E-state index in [1.807, 2.05) is 0 Å². The van der Waals surface area contributed by atoms with E-state index in [4.69, 9.17) is 0 Å². The van der Waals surface area contributed by atoms with Crippen molar-refractivity contribution in [3.05, 3.63) is 82.4 Å². The van der Waals surface area contributed by atoms with Gasteiger partial charge in [0.25, 0.3) is 5.91 Å². The van der Waals surface area contributed by atoms with E-state index < -0.39 is 23.6 Å². The molecule has 156 valence electrons. The molecule has 0 atom stereocenters. The van der Waals surface area contributed by atoms with Crippen molar-refractivity contribution in [1.82, 2.24) is 9.78 Å². The van der Waals surface area contributed by atoms with Crippen LogP contribution in [0.4, 0.5) is 23.2 Å². The zero-order chi connectivity index (χ0) is 21.3. The molecule has 0 radical (unpaired) electrons. The fourth-order valence-electron chi connectivity index (χ4n) is 3.77. The molecular weight excluding hydrogens is 398 g/mol. The number of carbonyl (C=O) groups is 1. The van der Waals surface area contributed by atoms with Crippen LogP contribution in [0.1, 0.15) is 45.7 Å². The van der Waals surface area contributed by atoms with Crippen LogP contribution in [0.15, 0.2) is 48.5 Å². The highest BCUT2D eigenvalue weighted by molar-refractivity contribution is 6.04. The van der Waals surface area contributed by atoms with E-state index in [1.54, 1.807) is 30.3 Å². The van der Waals surface area contributed by atoms with Gasteiger partial charge in [0, 0.05) is 16.8 Å². The standard InChI is InChI=1S/C22H19F4N3O/c23-17-9-2-3-10-18(17)27-21(30)15-7-5-6-14(12-15)13-29-19-11-4-1-8-16(19)20(28-29)22(24,25)26/h2-3,5-7,9-10,12H,1,4,8,11,13H2,(H,27,30). The number of benzene rings is 2. The summed E-state index contributed by atoms with van der Waals surface area (Å²) in [4.78, 5) is 12.5. The van der Waals surface area contributed by atoms with E-state index in [0.717, 1.165) is 6.42 Å². The molecule has 0 fully saturated rings. The van der Waals surface area contributed by atoms with Crippen molar-refractivity contribution >= 4 is 11.6 Å². The zero-order valence-corrected chi connectivity index (χ0v) is 16.0. The van der Waals surface area contributed by atoms with Crippen LogP contribution in [0.25, 0.3) is 0 Å². The maximum absolute atomic E-state index is 13.8. The molecule has 0 spiro atoms. The Morgan fingerprint density at radius 1 is 1.07 bits per heavy atom. The average Bonchev–Trinajstić information content (AvgIpc) is 3.09. The van der Waals surface area contributed by atoms with Gasteiger partial charge in [0.2, 0.25) is 0 Å². The molecule has 1 heterocycles. The summed E-state index contributed by atoms with van der Waals surface area (Å²) in [6.45, 7) is 0.124. The van der Waals surface area contributed by atoms with E-state index >= 15 is 0 Å². The van der Waals surface area contributed by atoms with E-state index in [1.165, 1.54) is 22.9 Å². The molecule has 0 saturated heterocycles. The van der Waals surface area contributed by atoms with Crippen molar-refractivity contribution in [3.8, 4) is 0 Å². The summed E-state index contributed by atoms with van der Waals surface area (Å²) in [5, 5.41) is 6.36. The van der Waals surface area contributed by atoms with Gasteiger partial charge in [-0.25, -0.2) is 4.39 Å². The van der Waals surface area contributed by atoms with Crippen molar-refractivity contribution in [2.75, 3.05) is 5.32 Å². The normalized spacial score (nSPS) is 13.7. The number of amides is 1. The van der Waals surface area contributed by atoms with Gasteiger partial charge < -0.3 is 5.32 Å². The molecule has 0 aliphatic heterocycles. The Bertz CT molecular complexity index is 1090. The Hall–Kier alpha value is -3.16. The lowest BCUT2D eigenvalue weighted by Gasteiger charge is -2.15. The van der Waals surface area contributed by atoms with Gasteiger partial charge in [-0.2, -0.15) is 18.3 Å². The molecule has 1 N–H and O–H groups in total. The minimum atomic E-state index is -4.49. The molecule has 0 bridgehead atoms. The second-order valence-corrected chi connectivity index (χ2v) is 7.27. The number of hydrogen-bond donors (Lipinski definition) is 1. The summed E-state index contributed by atoms with van der Waals surface area (Å²) in [7, 11) is 0. The molecule has 30 heavy (non-hydrogen) atoms. The number of carbonyl (C=O) groups excluding carboxylic acids is 1. The molecule has 4 nitrogen and oxygen atoms in total. The van der Waals surface area contributed by atoms with Crippen LogP contribution in [0.2, 0.25) is 0 Å². The number of halogens is 4. The summed E-state index contributed by atoms with van der Waals surface area (Å²) < 4.78 is 55.3. The van der Waals surface area contributed by atoms with E-state index in [0.29, 0.717) is 30.5 Å². The van der Waals surface area contributed by atoms with E-state index in [2.05, 4.69) is 10.4 Å². The fraction of sp³-hybridized carbons (Fsp3) is 0.273. The number of nitrogens with one attached hydrogen (secondary N) is 1. The predicted molar refractivity (Wildman–Crippen MR) is 104 cm³/mol. The third-order valence-electron chi connectivity index (χ3n) is 5.17. The number of nitrogens with zero attached hydrogens (tertiary/aromatic N) is 2. The van der Waals surface area contributed by atoms with Crippen LogP contribution >= 0.6 is 0 Å². The highest BCUT2D eigenvalue weighted by Gasteiger charge is 2.39. The van der Waals surface area contributed by atoms with Crippen molar-refractivity contribution in [2.45, 2.75) is 38.4 Å². The van der Waals surface area contributed by atoms with Crippen molar-refractivity contribution in [1.29, 1.82) is 0 Å². The van der Waals surface area contributed by atoms with Crippen LogP contribution in [0.3, 0.4) is 0 Å². The Labute approximate surface area is 170 Å². The summed E-state index contributed by atoms with van der Waals surface area (Å²) >= 11 is 0. The van der Waals surface area contributed by atoms with Gasteiger partial charge in [0.15, 0.2) is 5.69 Å². The molecule has 1 amide bonds. The van der Waals surface area contributed by atoms with Gasteiger partial charge in [0.05, 0.1) is 12.2 Å². The van der Waals surface area contributed by atoms with Crippen LogP contribution in [0, 0.1) is 5.82 Å². The molecule has 1 aliphatic rings. The number of rotatable bonds is 4. The maximum Gasteiger partial charge on any atom is 0.435 e. The Balaban J connectivity index is 1.59. The van der Waals surface area contributed by atoms with Crippen LogP contribution in [-0.2, 0) is 25.6 Å². The largest absolute Gasteiger partial charge is 0.435 e. The van der Waals surface area contributed by atoms with Gasteiger partial charge in [-0.1, -0.05) is 24.3 Å². The number of para-hydroxylation sites is 1. The zero-order valence-electron chi connectivity index (χ0n) is 16.0. The quantitative estimate of drug-likeness (QED) is 0.592. The number of aromatic nitrogens is 2. The summed E-state index contributed by atoms with van der Waals surface area (Å²) in [5.41, 5.74) is 1.06. The van der Waals surface area contributed by atoms with Crippen molar-refractivity contribution in [2.24, 2.45) is 0 Å². The highest BCUT2D eigenvalue weighted by Crippen LogP contribution is 2.36. The van der Waals surface area contributed by atoms with Gasteiger partial charge in [-0.3, -0.25) is 9.48 Å². The van der Waals surface area contributed by atoms with Gasteiger partial charge in [-0.15, -0.1) is 0 Å². The number of anilines is 1. The number of hydrogen-bond acceptors (Lipinski definition) is 2. The third kappa shape index (κ3) is 4.08. The smallest absolute Gasteiger partial charge is 0.319 e. The Morgan fingerprint density at radius 2 is 1.83 bits per heavy atom. The molecule has 4 rings (SSSR count). The molecule has 2 aromatic carbocycles. The lowest BCUT2D eigenvalue weighted by Crippen LogP contribution is -2.14. The number of alkyl halides is 3. The monoisotopic (exact) mass is 417 g/mol. The second kappa shape index (κ2) is 7.93. The molecule has 0 unspecified atom stereocenters. The maximum atomic E-state index is 13.8. The van der Waals surface area contributed by atoms with Crippen molar-refractivity contribution < 1.29 is 22.4 Å². The first kappa shape index (κ1) is 20.1. The lowest BCUT2D eigenvalue weighted by atomic mass is 9.95. The number of fused-ring (bicyclic) bond motifs is 1. The first-order chi connectivity index (χ1) is 14.3. The minimum absolute atomic E-state index is 0.0591. The third-order valence-corrected chi connectivity index (χ3v) is 5.17. The van der Waals surface area contributed by atoms with Gasteiger partial charge in [0.1, 0.15) is 5.82 Å². The SMILES string of the molecule is O=C(Nc1ccccc1F)c1cccc(Cn2nc(C(F)(F)F)c3c2CCCC3)c1. The van der Waals surface area contributed by atoms with Crippen LogP contribution < -0.4 is 5.32 Å². The first-order valence-electron chi connectivity index (χ1n) is 9.63. The van der Waals surface area contributed by atoms with Gasteiger partial charge >= 0.3 is 6.18 Å². The predicted octanol–water partition coefficient (Wildman–Crippen LogP) is 5.22. The molecule has 8 heteroatoms. The lowest BCUT2D eigenvalue weighted by molar-refractivity contribution is -0.142. The topological polar surface area (TPSA) is 46.9 Å². The Kier molecular flexibility index (Phi) is 5.32. The Morgan fingerprint density at radius 3 is 2.60 bits per heavy atom.